The van der Waals surface area contributed by atoms with Gasteiger partial charge in [-0.3, -0.25) is 9.35 Å². The number of sulfonamides is 1. The molecule has 2 atom stereocenters. The summed E-state index contributed by atoms with van der Waals surface area (Å²) in [5.74, 6) is -2.90. The van der Waals surface area contributed by atoms with Crippen LogP contribution in [0.1, 0.15) is 15.9 Å². The highest BCUT2D eigenvalue weighted by Gasteiger charge is 2.23. The van der Waals surface area contributed by atoms with Crippen molar-refractivity contribution in [3.63, 3.8) is 0 Å². The first kappa shape index (κ1) is 31.1. The first-order valence-corrected chi connectivity index (χ1v) is 16.1. The van der Waals surface area contributed by atoms with Crippen molar-refractivity contribution in [2.45, 2.75) is 9.79 Å². The van der Waals surface area contributed by atoms with Gasteiger partial charge in [0.1, 0.15) is 22.3 Å². The Balaban J connectivity index is 1.55. The second kappa shape index (κ2) is 13.4. The summed E-state index contributed by atoms with van der Waals surface area (Å²) in [6.45, 7) is 0. The Labute approximate surface area is 245 Å². The standard InChI is InChI=1S/C25H18F2N2O9S4/c26-21-13-11-17(15-23(21)39-28-42(34,35)38-36-19-7-3-1-4-8-19)25(30)18-12-14-22(27)24(16-18)41(32,33)29-40(31)37-20-9-5-2-6-10-20/h1-16,40H,(H,28,34,35). The third-order valence-electron chi connectivity index (χ3n) is 4.96. The normalized spacial score (nSPS) is 13.6. The molecule has 17 heteroatoms. The summed E-state index contributed by atoms with van der Waals surface area (Å²) in [7, 11) is -12.5. The monoisotopic (exact) mass is 656 g/mol. The average Bonchev–Trinajstić information content (AvgIpc) is 2.96. The van der Waals surface area contributed by atoms with Gasteiger partial charge in [0.05, 0.1) is 4.90 Å². The van der Waals surface area contributed by atoms with Crippen molar-refractivity contribution in [2.24, 2.45) is 7.54 Å². The average molecular weight is 657 g/mol. The minimum Gasteiger partial charge on any atom is -0.397 e. The Hall–Kier alpha value is -3.87. The van der Waals surface area contributed by atoms with E-state index in [9.17, 15) is 35.0 Å². The van der Waals surface area contributed by atoms with Gasteiger partial charge in [-0.2, -0.15) is 12.6 Å². The predicted octanol–water partition coefficient (Wildman–Crippen LogP) is 5.42. The number of carbonyl (C=O) groups excluding carboxylic acids is 1. The minimum absolute atomic E-state index is 0.0611. The van der Waals surface area contributed by atoms with Crippen molar-refractivity contribution in [2.75, 3.05) is 0 Å². The fourth-order valence-corrected chi connectivity index (χ4v) is 6.48. The summed E-state index contributed by atoms with van der Waals surface area (Å²) in [4.78, 5) is 16.4. The molecule has 4 aromatic carbocycles. The van der Waals surface area contributed by atoms with Crippen LogP contribution < -0.4 is 9.07 Å². The van der Waals surface area contributed by atoms with Crippen molar-refractivity contribution in [3.8, 4) is 11.5 Å². The molecule has 0 amide bonds. The number of hydrogen-bond donors (Lipinski definition) is 2. The van der Waals surface area contributed by atoms with Gasteiger partial charge in [0, 0.05) is 23.1 Å². The molecule has 0 spiro atoms. The minimum atomic E-state index is -4.89. The highest BCUT2D eigenvalue weighted by atomic mass is 32.3. The molecule has 2 unspecified atom stereocenters. The summed E-state index contributed by atoms with van der Waals surface area (Å²) < 4.78 is 104. The molecule has 0 radical (unpaired) electrons. The zero-order valence-electron chi connectivity index (χ0n) is 20.8. The Kier molecular flexibility index (Phi) is 9.92. The van der Waals surface area contributed by atoms with Crippen LogP contribution in [0.2, 0.25) is 0 Å². The zero-order chi connectivity index (χ0) is 30.3. The number of para-hydroxylation sites is 2. The number of nitrogens with zero attached hydrogens (tertiary/aromatic N) is 2. The second-order valence-electron chi connectivity index (χ2n) is 7.90. The quantitative estimate of drug-likeness (QED) is 0.0702. The number of hydrogen-bond acceptors (Lipinski definition) is 10. The number of ketones is 1. The van der Waals surface area contributed by atoms with Gasteiger partial charge in [-0.25, -0.2) is 13.0 Å². The summed E-state index contributed by atoms with van der Waals surface area (Å²) in [6.07, 6.45) is 0. The lowest BCUT2D eigenvalue weighted by molar-refractivity contribution is -0.0967. The molecule has 1 N–H and O–H groups in total. The van der Waals surface area contributed by atoms with Gasteiger partial charge in [-0.05, 0) is 65.0 Å². The van der Waals surface area contributed by atoms with Gasteiger partial charge in [0.15, 0.2) is 11.5 Å². The van der Waals surface area contributed by atoms with Crippen LogP contribution in [0.25, 0.3) is 0 Å². The molecule has 42 heavy (non-hydrogen) atoms. The highest BCUT2D eigenvalue weighted by Crippen LogP contribution is 2.28. The maximum atomic E-state index is 14.5. The molecule has 0 fully saturated rings. The molecule has 0 aromatic heterocycles. The van der Waals surface area contributed by atoms with Gasteiger partial charge >= 0.3 is 10.3 Å². The highest BCUT2D eigenvalue weighted by molar-refractivity contribution is 8.04. The van der Waals surface area contributed by atoms with Crippen LogP contribution in [0, 0.1) is 11.6 Å². The Morgan fingerprint density at radius 2 is 1.38 bits per heavy atom. The third-order valence-corrected chi connectivity index (χ3v) is 9.39. The van der Waals surface area contributed by atoms with E-state index in [1.807, 2.05) is 0 Å². The van der Waals surface area contributed by atoms with E-state index in [1.54, 1.807) is 36.4 Å². The maximum absolute atomic E-state index is 14.5. The number of benzene rings is 4. The molecule has 0 saturated heterocycles. The van der Waals surface area contributed by atoms with Crippen LogP contribution in [0.5, 0.6) is 11.5 Å². The molecule has 0 heterocycles. The number of thiol groups is 1. The van der Waals surface area contributed by atoms with E-state index >= 15 is 0 Å². The lowest BCUT2D eigenvalue weighted by Gasteiger charge is -2.07. The molecular formula is C25H18F2N2O9S4. The van der Waals surface area contributed by atoms with Crippen LogP contribution >= 0.6 is 11.9 Å². The molecule has 0 aliphatic heterocycles. The fourth-order valence-electron chi connectivity index (χ4n) is 3.10. The summed E-state index contributed by atoms with van der Waals surface area (Å²) in [5.41, 5.74) is -0.542. The van der Waals surface area contributed by atoms with Gasteiger partial charge in [0.25, 0.3) is 10.0 Å². The predicted molar refractivity (Wildman–Crippen MR) is 150 cm³/mol. The van der Waals surface area contributed by atoms with Crippen LogP contribution in [0.4, 0.5) is 8.78 Å². The van der Waals surface area contributed by atoms with Crippen molar-refractivity contribution < 1.29 is 48.4 Å². The van der Waals surface area contributed by atoms with Gasteiger partial charge < -0.3 is 9.07 Å². The largest absolute Gasteiger partial charge is 0.397 e. The third kappa shape index (κ3) is 8.34. The van der Waals surface area contributed by atoms with E-state index in [4.69, 9.17) is 9.07 Å². The van der Waals surface area contributed by atoms with Crippen molar-refractivity contribution in [1.29, 1.82) is 0 Å². The van der Waals surface area contributed by atoms with Gasteiger partial charge in [-0.1, -0.05) is 40.2 Å². The van der Waals surface area contributed by atoms with Crippen molar-refractivity contribution in [1.82, 2.24) is 0 Å². The Morgan fingerprint density at radius 1 is 0.810 bits per heavy atom. The molecule has 4 aromatic rings. The van der Waals surface area contributed by atoms with E-state index < -0.39 is 53.5 Å². The van der Waals surface area contributed by atoms with Crippen LogP contribution in [0.15, 0.2) is 114 Å². The van der Waals surface area contributed by atoms with Gasteiger partial charge in [0.2, 0.25) is 10.9 Å². The lowest BCUT2D eigenvalue weighted by Crippen LogP contribution is -2.08. The maximum Gasteiger partial charge on any atom is 0.337 e. The molecule has 0 aliphatic rings. The molecular weight excluding hydrogens is 639 g/mol. The first-order valence-electron chi connectivity index (χ1n) is 11.3. The molecule has 0 bridgehead atoms. The van der Waals surface area contributed by atoms with E-state index in [1.165, 1.54) is 24.3 Å². The Morgan fingerprint density at radius 3 is 2.02 bits per heavy atom. The summed E-state index contributed by atoms with van der Waals surface area (Å²) in [6, 6.07) is 20.5. The molecule has 11 nitrogen and oxygen atoms in total. The van der Waals surface area contributed by atoms with Gasteiger partial charge in [-0.15, -0.1) is 3.77 Å². The van der Waals surface area contributed by atoms with E-state index in [2.05, 4.69) is 11.9 Å². The molecule has 220 valence electrons. The molecule has 0 saturated carbocycles. The number of rotatable bonds is 11. The smallest absolute Gasteiger partial charge is 0.337 e. The molecule has 4 rings (SSSR count). The van der Waals surface area contributed by atoms with E-state index in [-0.39, 0.29) is 39.5 Å². The fraction of sp³-hybridized carbons (Fsp3) is 0. The zero-order valence-corrected chi connectivity index (χ0v) is 24.1. The Bertz CT molecular complexity index is 1930. The SMILES string of the molecule is O=C(c1ccc(F)c(SN=S(=O)(O)OOc2ccccc2)c1)c1ccc(F)c(S(=O)(=O)/N=[SH](=O)\Oc2ccccc2)c1. The van der Waals surface area contributed by atoms with Crippen molar-refractivity contribution >= 4 is 48.9 Å². The van der Waals surface area contributed by atoms with Crippen LogP contribution in [-0.2, 0) is 35.5 Å². The number of halogens is 2. The van der Waals surface area contributed by atoms with E-state index in [0.29, 0.717) is 12.1 Å². The van der Waals surface area contributed by atoms with Crippen LogP contribution in [-0.4, -0.2) is 27.2 Å². The topological polar surface area (TPSA) is 158 Å². The van der Waals surface area contributed by atoms with Crippen LogP contribution in [0.3, 0.4) is 0 Å². The lowest BCUT2D eigenvalue weighted by atomic mass is 10.0. The van der Waals surface area contributed by atoms with E-state index in [0.717, 1.165) is 24.3 Å². The van der Waals surface area contributed by atoms with Crippen molar-refractivity contribution in [3.05, 3.63) is 120 Å². The first-order chi connectivity index (χ1) is 19.9. The molecule has 0 aliphatic carbocycles. The summed E-state index contributed by atoms with van der Waals surface area (Å²) in [5, 5.41) is 0. The second-order valence-corrected chi connectivity index (χ2v) is 12.8. The number of carbonyl (C=O) groups is 1. The summed E-state index contributed by atoms with van der Waals surface area (Å²) >= 11 is 0.183.